The number of amides is 1. The van der Waals surface area contributed by atoms with Crippen molar-refractivity contribution in [2.75, 3.05) is 10.0 Å². The Hall–Kier alpha value is -4.25. The number of aromatic nitrogens is 4. The zero-order chi connectivity index (χ0) is 24.5. The van der Waals surface area contributed by atoms with Crippen LogP contribution in [-0.4, -0.2) is 34.1 Å². The molecule has 0 bridgehead atoms. The second kappa shape index (κ2) is 8.94. The molecule has 3 N–H and O–H groups in total. The van der Waals surface area contributed by atoms with Crippen LogP contribution in [-0.2, 0) is 17.1 Å². The van der Waals surface area contributed by atoms with Gasteiger partial charge in [0.2, 0.25) is 5.95 Å². The summed E-state index contributed by atoms with van der Waals surface area (Å²) in [6.07, 6.45) is 3.09. The number of hydrogen-bond donors (Lipinski definition) is 3. The van der Waals surface area contributed by atoms with Gasteiger partial charge in [-0.05, 0) is 43.2 Å². The molecule has 10 nitrogen and oxygen atoms in total. The van der Waals surface area contributed by atoms with Crippen molar-refractivity contribution >= 4 is 27.6 Å². The summed E-state index contributed by atoms with van der Waals surface area (Å²) in [4.78, 5) is 31.4. The standard InChI is InChI=1S/C23H22N6O4S/c1-14-6-4-7-15(2)21(14)19-11-20(30)27-23(26-19)28-34(32,33)18-9-5-8-16(10-18)22(31)25-17-12-24-29(3)13-17/h4-13H,1-3H3,(H,25,31)(H2,26,27,28,30). The largest absolute Gasteiger partial charge is 0.319 e. The molecular weight excluding hydrogens is 456 g/mol. The molecule has 0 spiro atoms. The molecule has 174 valence electrons. The van der Waals surface area contributed by atoms with Gasteiger partial charge in [-0.2, -0.15) is 5.10 Å². The fourth-order valence-corrected chi connectivity index (χ4v) is 4.54. The highest BCUT2D eigenvalue weighted by atomic mass is 32.2. The Morgan fingerprint density at radius 2 is 1.76 bits per heavy atom. The molecular formula is C23H22N6O4S. The summed E-state index contributed by atoms with van der Waals surface area (Å²) < 4.78 is 29.9. The maximum absolute atomic E-state index is 13.0. The number of nitrogens with zero attached hydrogens (tertiary/aromatic N) is 3. The molecule has 0 atom stereocenters. The van der Waals surface area contributed by atoms with Crippen LogP contribution in [0.1, 0.15) is 21.5 Å². The number of rotatable bonds is 6. The van der Waals surface area contributed by atoms with Crippen molar-refractivity contribution in [1.29, 1.82) is 0 Å². The number of anilines is 2. The van der Waals surface area contributed by atoms with Gasteiger partial charge in [-0.15, -0.1) is 0 Å². The minimum absolute atomic E-state index is 0.137. The molecule has 0 unspecified atom stereocenters. The highest BCUT2D eigenvalue weighted by Crippen LogP contribution is 2.25. The van der Waals surface area contributed by atoms with Crippen LogP contribution in [0.25, 0.3) is 11.3 Å². The fourth-order valence-electron chi connectivity index (χ4n) is 3.53. The Morgan fingerprint density at radius 1 is 1.06 bits per heavy atom. The van der Waals surface area contributed by atoms with E-state index in [1.165, 1.54) is 41.2 Å². The first-order chi connectivity index (χ1) is 16.1. The van der Waals surface area contributed by atoms with Crippen molar-refractivity contribution in [3.05, 3.63) is 88.0 Å². The summed E-state index contributed by atoms with van der Waals surface area (Å²) in [5.41, 5.74) is 3.01. The number of aryl methyl sites for hydroxylation is 3. The van der Waals surface area contributed by atoms with Gasteiger partial charge in [0.05, 0.1) is 22.5 Å². The van der Waals surface area contributed by atoms with Crippen molar-refractivity contribution in [2.24, 2.45) is 7.05 Å². The number of nitrogens with one attached hydrogen (secondary N) is 3. The Kier molecular flexibility index (Phi) is 6.03. The van der Waals surface area contributed by atoms with Crippen molar-refractivity contribution in [3.63, 3.8) is 0 Å². The lowest BCUT2D eigenvalue weighted by atomic mass is 10.00. The predicted molar refractivity (Wildman–Crippen MR) is 128 cm³/mol. The third-order valence-corrected chi connectivity index (χ3v) is 6.42. The molecule has 0 radical (unpaired) electrons. The summed E-state index contributed by atoms with van der Waals surface area (Å²) in [7, 11) is -2.44. The number of carbonyl (C=O) groups is 1. The van der Waals surface area contributed by atoms with Crippen molar-refractivity contribution in [2.45, 2.75) is 18.7 Å². The molecule has 1 amide bonds. The fraction of sp³-hybridized carbons (Fsp3) is 0.130. The minimum atomic E-state index is -4.15. The Morgan fingerprint density at radius 3 is 2.44 bits per heavy atom. The number of hydrogen-bond acceptors (Lipinski definition) is 6. The molecule has 4 rings (SSSR count). The smallest absolute Gasteiger partial charge is 0.264 e. The lowest BCUT2D eigenvalue weighted by molar-refractivity contribution is 0.102. The van der Waals surface area contributed by atoms with E-state index in [9.17, 15) is 18.0 Å². The van der Waals surface area contributed by atoms with Gasteiger partial charge in [0.15, 0.2) is 0 Å². The molecule has 0 saturated carbocycles. The minimum Gasteiger partial charge on any atom is -0.319 e. The first kappa shape index (κ1) is 22.9. The van der Waals surface area contributed by atoms with Gasteiger partial charge >= 0.3 is 0 Å². The lowest BCUT2D eigenvalue weighted by Crippen LogP contribution is -2.20. The molecule has 0 fully saturated rings. The molecule has 0 aliphatic rings. The monoisotopic (exact) mass is 478 g/mol. The third kappa shape index (κ3) is 4.89. The summed E-state index contributed by atoms with van der Waals surface area (Å²) >= 11 is 0. The van der Waals surface area contributed by atoms with Crippen LogP contribution in [0, 0.1) is 13.8 Å². The zero-order valence-corrected chi connectivity index (χ0v) is 19.5. The summed E-state index contributed by atoms with van der Waals surface area (Å²) in [5.74, 6) is -0.719. The van der Waals surface area contributed by atoms with E-state index in [4.69, 9.17) is 0 Å². The van der Waals surface area contributed by atoms with Crippen LogP contribution < -0.4 is 15.6 Å². The lowest BCUT2D eigenvalue weighted by Gasteiger charge is -2.12. The summed E-state index contributed by atoms with van der Waals surface area (Å²) in [6.45, 7) is 3.77. The van der Waals surface area contributed by atoms with E-state index in [0.717, 1.165) is 16.7 Å². The maximum Gasteiger partial charge on any atom is 0.264 e. The Balaban J connectivity index is 1.63. The number of carbonyl (C=O) groups excluding carboxylic acids is 1. The van der Waals surface area contributed by atoms with Crippen molar-refractivity contribution in [3.8, 4) is 11.3 Å². The van der Waals surface area contributed by atoms with Gasteiger partial charge in [0.25, 0.3) is 21.5 Å². The number of sulfonamides is 1. The van der Waals surface area contributed by atoms with E-state index < -0.39 is 21.5 Å². The van der Waals surface area contributed by atoms with Crippen molar-refractivity contribution in [1.82, 2.24) is 19.7 Å². The normalized spacial score (nSPS) is 11.3. The molecule has 11 heteroatoms. The van der Waals surface area contributed by atoms with E-state index in [0.29, 0.717) is 11.4 Å². The van der Waals surface area contributed by atoms with Gasteiger partial charge < -0.3 is 5.32 Å². The van der Waals surface area contributed by atoms with Gasteiger partial charge in [-0.3, -0.25) is 19.3 Å². The first-order valence-corrected chi connectivity index (χ1v) is 11.7. The highest BCUT2D eigenvalue weighted by molar-refractivity contribution is 7.92. The van der Waals surface area contributed by atoms with Gasteiger partial charge in [-0.25, -0.2) is 18.1 Å². The Bertz CT molecular complexity index is 1540. The van der Waals surface area contributed by atoms with Crippen LogP contribution in [0.5, 0.6) is 0 Å². The second-order valence-electron chi connectivity index (χ2n) is 7.74. The second-order valence-corrected chi connectivity index (χ2v) is 9.42. The van der Waals surface area contributed by atoms with Crippen LogP contribution in [0.3, 0.4) is 0 Å². The van der Waals surface area contributed by atoms with E-state index in [1.54, 1.807) is 13.2 Å². The van der Waals surface area contributed by atoms with Gasteiger partial charge in [0, 0.05) is 30.4 Å². The number of H-pyrrole nitrogens is 1. The van der Waals surface area contributed by atoms with Crippen LogP contribution >= 0.6 is 0 Å². The summed E-state index contributed by atoms with van der Waals surface area (Å²) in [6, 6.07) is 12.5. The molecule has 4 aromatic rings. The van der Waals surface area contributed by atoms with E-state index in [2.05, 4.69) is 25.1 Å². The molecule has 0 aliphatic heterocycles. The van der Waals surface area contributed by atoms with Crippen LogP contribution in [0.15, 0.2) is 70.6 Å². The third-order valence-electron chi connectivity index (χ3n) is 5.08. The van der Waals surface area contributed by atoms with E-state index in [-0.39, 0.29) is 16.4 Å². The van der Waals surface area contributed by atoms with E-state index in [1.807, 2.05) is 32.0 Å². The first-order valence-electron chi connectivity index (χ1n) is 10.2. The number of benzene rings is 2. The van der Waals surface area contributed by atoms with Crippen LogP contribution in [0.2, 0.25) is 0 Å². The van der Waals surface area contributed by atoms with E-state index >= 15 is 0 Å². The zero-order valence-electron chi connectivity index (χ0n) is 18.7. The Labute approximate surface area is 195 Å². The molecule has 34 heavy (non-hydrogen) atoms. The van der Waals surface area contributed by atoms with Crippen LogP contribution in [0.4, 0.5) is 11.6 Å². The van der Waals surface area contributed by atoms with Gasteiger partial charge in [-0.1, -0.05) is 24.3 Å². The molecule has 2 aromatic carbocycles. The molecule has 0 saturated heterocycles. The quantitative estimate of drug-likeness (QED) is 0.389. The van der Waals surface area contributed by atoms with Crippen molar-refractivity contribution < 1.29 is 13.2 Å². The molecule has 2 heterocycles. The molecule has 0 aliphatic carbocycles. The predicted octanol–water partition coefficient (Wildman–Crippen LogP) is 2.84. The maximum atomic E-state index is 13.0. The van der Waals surface area contributed by atoms with Gasteiger partial charge in [0.1, 0.15) is 0 Å². The SMILES string of the molecule is Cc1cccc(C)c1-c1cc(=O)[nH]c(NS(=O)(=O)c2cccc(C(=O)Nc3cnn(C)c3)c2)n1. The highest BCUT2D eigenvalue weighted by Gasteiger charge is 2.19. The summed E-state index contributed by atoms with van der Waals surface area (Å²) in [5, 5.41) is 6.63. The topological polar surface area (TPSA) is 139 Å². The number of aromatic amines is 1. The molecule has 2 aromatic heterocycles. The average molecular weight is 479 g/mol. The average Bonchev–Trinajstić information content (AvgIpc) is 3.17.